The molecule has 2 N–H and O–H groups in total. The Balaban J connectivity index is 1.54. The van der Waals surface area contributed by atoms with Crippen LogP contribution in [0.3, 0.4) is 0 Å². The second-order valence-electron chi connectivity index (χ2n) is 6.68. The van der Waals surface area contributed by atoms with E-state index in [4.69, 9.17) is 22.1 Å². The van der Waals surface area contributed by atoms with Gasteiger partial charge in [-0.05, 0) is 36.5 Å². The zero-order chi connectivity index (χ0) is 17.8. The van der Waals surface area contributed by atoms with Crippen molar-refractivity contribution in [3.05, 3.63) is 34.9 Å². The van der Waals surface area contributed by atoms with Gasteiger partial charge in [-0.1, -0.05) is 23.7 Å². The summed E-state index contributed by atoms with van der Waals surface area (Å²) in [7, 11) is 0. The van der Waals surface area contributed by atoms with Crippen LogP contribution in [0.5, 0.6) is 0 Å². The molecule has 2 heterocycles. The molecule has 7 heteroatoms. The summed E-state index contributed by atoms with van der Waals surface area (Å²) in [4.78, 5) is 28.4. The maximum Gasteiger partial charge on any atom is 0.242 e. The Kier molecular flexibility index (Phi) is 5.93. The minimum atomic E-state index is -0.542. The molecule has 0 spiro atoms. The van der Waals surface area contributed by atoms with Crippen molar-refractivity contribution in [1.82, 2.24) is 9.80 Å². The quantitative estimate of drug-likeness (QED) is 0.871. The normalized spacial score (nSPS) is 20.6. The Labute approximate surface area is 152 Å². The predicted octanol–water partition coefficient (Wildman–Crippen LogP) is 1.26. The van der Waals surface area contributed by atoms with Gasteiger partial charge >= 0.3 is 0 Å². The van der Waals surface area contributed by atoms with Crippen LogP contribution in [-0.4, -0.2) is 60.5 Å². The fraction of sp³-hybridized carbons (Fsp3) is 0.556. The summed E-state index contributed by atoms with van der Waals surface area (Å²) in [5, 5.41) is 0.674. The van der Waals surface area contributed by atoms with E-state index in [1.807, 2.05) is 24.3 Å². The van der Waals surface area contributed by atoms with Crippen LogP contribution < -0.4 is 5.73 Å². The van der Waals surface area contributed by atoms with Crippen molar-refractivity contribution in [2.24, 2.45) is 11.7 Å². The third kappa shape index (κ3) is 4.51. The number of piperazine rings is 1. The minimum Gasteiger partial charge on any atom is -0.381 e. The van der Waals surface area contributed by atoms with Crippen molar-refractivity contribution in [3.8, 4) is 0 Å². The lowest BCUT2D eigenvalue weighted by Crippen LogP contribution is -2.57. The molecule has 3 rings (SSSR count). The van der Waals surface area contributed by atoms with Gasteiger partial charge in [0.2, 0.25) is 11.8 Å². The first-order chi connectivity index (χ1) is 12.0. The third-order valence-corrected chi connectivity index (χ3v) is 5.23. The summed E-state index contributed by atoms with van der Waals surface area (Å²) >= 11 is 5.89. The molecule has 2 fully saturated rings. The summed E-state index contributed by atoms with van der Waals surface area (Å²) in [6.07, 6.45) is 1.61. The molecule has 2 amide bonds. The Morgan fingerprint density at radius 1 is 1.24 bits per heavy atom. The standard InChI is InChI=1S/C18H24ClN3O3/c19-15-3-1-13(2-4-15)11-21-7-8-22(12-16(21)23)18(24)17(20)14-5-9-25-10-6-14/h1-4,14,17H,5-12,20H2. The van der Waals surface area contributed by atoms with E-state index < -0.39 is 6.04 Å². The molecular weight excluding hydrogens is 342 g/mol. The molecule has 25 heavy (non-hydrogen) atoms. The number of amides is 2. The van der Waals surface area contributed by atoms with Crippen molar-refractivity contribution in [2.75, 3.05) is 32.8 Å². The molecular formula is C18H24ClN3O3. The fourth-order valence-electron chi connectivity index (χ4n) is 3.36. The lowest BCUT2D eigenvalue weighted by molar-refractivity contribution is -0.147. The maximum atomic E-state index is 12.6. The summed E-state index contributed by atoms with van der Waals surface area (Å²) < 4.78 is 5.32. The predicted molar refractivity (Wildman–Crippen MR) is 95.0 cm³/mol. The molecule has 1 aromatic carbocycles. The highest BCUT2D eigenvalue weighted by Crippen LogP contribution is 2.20. The van der Waals surface area contributed by atoms with Crippen LogP contribution in [0.2, 0.25) is 5.02 Å². The SMILES string of the molecule is NC(C(=O)N1CCN(Cc2ccc(Cl)cc2)C(=O)C1)C1CCOCC1. The second-order valence-corrected chi connectivity index (χ2v) is 7.11. The lowest BCUT2D eigenvalue weighted by atomic mass is 9.91. The van der Waals surface area contributed by atoms with Gasteiger partial charge in [-0.25, -0.2) is 0 Å². The van der Waals surface area contributed by atoms with Gasteiger partial charge in [-0.2, -0.15) is 0 Å². The van der Waals surface area contributed by atoms with Crippen LogP contribution in [0.25, 0.3) is 0 Å². The minimum absolute atomic E-state index is 0.0475. The second kappa shape index (κ2) is 8.17. The van der Waals surface area contributed by atoms with Crippen molar-refractivity contribution >= 4 is 23.4 Å². The molecule has 0 radical (unpaired) electrons. The first-order valence-electron chi connectivity index (χ1n) is 8.69. The third-order valence-electron chi connectivity index (χ3n) is 4.98. The maximum absolute atomic E-state index is 12.6. The largest absolute Gasteiger partial charge is 0.381 e. The smallest absolute Gasteiger partial charge is 0.242 e. The van der Waals surface area contributed by atoms with Gasteiger partial charge in [0.1, 0.15) is 0 Å². The van der Waals surface area contributed by atoms with Gasteiger partial charge in [0.05, 0.1) is 12.6 Å². The van der Waals surface area contributed by atoms with Gasteiger partial charge in [0.15, 0.2) is 0 Å². The first kappa shape index (κ1) is 18.2. The number of carbonyl (C=O) groups is 2. The number of nitrogens with zero attached hydrogens (tertiary/aromatic N) is 2. The average Bonchev–Trinajstić information content (AvgIpc) is 2.64. The zero-order valence-corrected chi connectivity index (χ0v) is 15.0. The number of halogens is 1. The number of hydrogen-bond donors (Lipinski definition) is 1. The van der Waals surface area contributed by atoms with Crippen molar-refractivity contribution in [2.45, 2.75) is 25.4 Å². The summed E-state index contributed by atoms with van der Waals surface area (Å²) in [5.41, 5.74) is 7.18. The van der Waals surface area contributed by atoms with E-state index in [1.54, 1.807) is 9.80 Å². The molecule has 1 atom stereocenters. The van der Waals surface area contributed by atoms with Crippen LogP contribution in [0.15, 0.2) is 24.3 Å². The van der Waals surface area contributed by atoms with Gasteiger partial charge in [0.25, 0.3) is 0 Å². The molecule has 2 aliphatic heterocycles. The van der Waals surface area contributed by atoms with E-state index in [0.29, 0.717) is 37.9 Å². The van der Waals surface area contributed by atoms with Gasteiger partial charge in [-0.3, -0.25) is 9.59 Å². The Hall–Kier alpha value is -1.63. The topological polar surface area (TPSA) is 75.9 Å². The van der Waals surface area contributed by atoms with Crippen LogP contribution >= 0.6 is 11.6 Å². The zero-order valence-electron chi connectivity index (χ0n) is 14.2. The summed E-state index contributed by atoms with van der Waals surface area (Å²) in [6, 6.07) is 6.91. The summed E-state index contributed by atoms with van der Waals surface area (Å²) in [5.74, 6) is -0.0245. The molecule has 136 valence electrons. The lowest BCUT2D eigenvalue weighted by Gasteiger charge is -2.37. The number of benzene rings is 1. The van der Waals surface area contributed by atoms with Crippen molar-refractivity contribution in [3.63, 3.8) is 0 Å². The number of hydrogen-bond acceptors (Lipinski definition) is 4. The average molecular weight is 366 g/mol. The monoisotopic (exact) mass is 365 g/mol. The highest BCUT2D eigenvalue weighted by Gasteiger charge is 2.33. The van der Waals surface area contributed by atoms with E-state index in [-0.39, 0.29) is 24.3 Å². The molecule has 1 aromatic rings. The molecule has 2 saturated heterocycles. The number of nitrogens with two attached hydrogens (primary N) is 1. The van der Waals surface area contributed by atoms with E-state index >= 15 is 0 Å². The number of ether oxygens (including phenoxy) is 1. The van der Waals surface area contributed by atoms with Crippen LogP contribution in [0.4, 0.5) is 0 Å². The Morgan fingerprint density at radius 2 is 1.92 bits per heavy atom. The Morgan fingerprint density at radius 3 is 2.56 bits per heavy atom. The highest BCUT2D eigenvalue weighted by atomic mass is 35.5. The highest BCUT2D eigenvalue weighted by molar-refractivity contribution is 6.30. The molecule has 2 aliphatic rings. The van der Waals surface area contributed by atoms with Gasteiger partial charge < -0.3 is 20.3 Å². The van der Waals surface area contributed by atoms with E-state index in [2.05, 4.69) is 0 Å². The molecule has 1 unspecified atom stereocenters. The van der Waals surface area contributed by atoms with Crippen LogP contribution in [0, 0.1) is 5.92 Å². The molecule has 6 nitrogen and oxygen atoms in total. The van der Waals surface area contributed by atoms with E-state index in [1.165, 1.54) is 0 Å². The van der Waals surface area contributed by atoms with Crippen molar-refractivity contribution < 1.29 is 14.3 Å². The Bertz CT molecular complexity index is 616. The first-order valence-corrected chi connectivity index (χ1v) is 9.06. The van der Waals surface area contributed by atoms with Crippen LogP contribution in [-0.2, 0) is 20.9 Å². The van der Waals surface area contributed by atoms with E-state index in [9.17, 15) is 9.59 Å². The number of carbonyl (C=O) groups excluding carboxylic acids is 2. The van der Waals surface area contributed by atoms with Crippen LogP contribution in [0.1, 0.15) is 18.4 Å². The van der Waals surface area contributed by atoms with Crippen molar-refractivity contribution in [1.29, 1.82) is 0 Å². The van der Waals surface area contributed by atoms with Gasteiger partial charge in [-0.15, -0.1) is 0 Å². The van der Waals surface area contributed by atoms with E-state index in [0.717, 1.165) is 18.4 Å². The molecule has 0 aliphatic carbocycles. The molecule has 0 saturated carbocycles. The summed E-state index contributed by atoms with van der Waals surface area (Å²) in [6.45, 7) is 2.98. The number of rotatable bonds is 4. The molecule has 0 aromatic heterocycles. The van der Waals surface area contributed by atoms with Gasteiger partial charge in [0, 0.05) is 37.9 Å². The molecule has 0 bridgehead atoms. The fourth-order valence-corrected chi connectivity index (χ4v) is 3.49.